The van der Waals surface area contributed by atoms with Crippen LogP contribution in [0.15, 0.2) is 53.7 Å². The standard InChI is InChI=1S/C18H16Cl2N2O4/c1-25-18(24)16(22-17(23)13-5-3-2-4-6-13)10-21-26-11-12-7-8-14(19)15(20)9-12/h2-10,16H,11H2,1H3,(H,22,23)/b21-10-/t16-/m1/s1. The number of nitrogens with zero attached hydrogens (tertiary/aromatic N) is 1. The number of esters is 1. The molecular weight excluding hydrogens is 379 g/mol. The van der Waals surface area contributed by atoms with E-state index >= 15 is 0 Å². The van der Waals surface area contributed by atoms with Crippen LogP contribution >= 0.6 is 23.2 Å². The molecule has 0 aliphatic carbocycles. The summed E-state index contributed by atoms with van der Waals surface area (Å²) in [6, 6.07) is 12.4. The van der Waals surface area contributed by atoms with Crippen molar-refractivity contribution in [3.63, 3.8) is 0 Å². The van der Waals surface area contributed by atoms with Gasteiger partial charge in [-0.3, -0.25) is 4.79 Å². The summed E-state index contributed by atoms with van der Waals surface area (Å²) in [6.45, 7) is 0.119. The summed E-state index contributed by atoms with van der Waals surface area (Å²) < 4.78 is 4.66. The second-order valence-corrected chi connectivity index (χ2v) is 5.93. The number of ether oxygens (including phenoxy) is 1. The Labute approximate surface area is 160 Å². The van der Waals surface area contributed by atoms with Crippen LogP contribution in [0.5, 0.6) is 0 Å². The molecule has 0 saturated carbocycles. The maximum absolute atomic E-state index is 12.2. The second-order valence-electron chi connectivity index (χ2n) is 5.12. The first-order valence-electron chi connectivity index (χ1n) is 7.54. The normalized spacial score (nSPS) is 11.8. The number of oxime groups is 1. The van der Waals surface area contributed by atoms with E-state index < -0.39 is 17.9 Å². The molecule has 136 valence electrons. The van der Waals surface area contributed by atoms with E-state index in [1.54, 1.807) is 48.5 Å². The van der Waals surface area contributed by atoms with E-state index in [0.29, 0.717) is 15.6 Å². The number of carbonyl (C=O) groups excluding carboxylic acids is 2. The number of methoxy groups -OCH3 is 1. The van der Waals surface area contributed by atoms with Gasteiger partial charge in [-0.05, 0) is 29.8 Å². The fraction of sp³-hybridized carbons (Fsp3) is 0.167. The molecule has 0 saturated heterocycles. The Balaban J connectivity index is 1.96. The van der Waals surface area contributed by atoms with Crippen molar-refractivity contribution in [2.75, 3.05) is 7.11 Å². The summed E-state index contributed by atoms with van der Waals surface area (Å²) in [4.78, 5) is 29.1. The van der Waals surface area contributed by atoms with Crippen molar-refractivity contribution in [3.05, 3.63) is 69.7 Å². The molecule has 0 aromatic heterocycles. The number of hydrogen-bond donors (Lipinski definition) is 1. The van der Waals surface area contributed by atoms with Crippen molar-refractivity contribution >= 4 is 41.3 Å². The lowest BCUT2D eigenvalue weighted by Gasteiger charge is -2.12. The molecule has 1 N–H and O–H groups in total. The molecule has 0 aliphatic rings. The van der Waals surface area contributed by atoms with Crippen LogP contribution < -0.4 is 5.32 Å². The predicted octanol–water partition coefficient (Wildman–Crippen LogP) is 3.47. The first kappa shape index (κ1) is 19.8. The highest BCUT2D eigenvalue weighted by atomic mass is 35.5. The summed E-state index contributed by atoms with van der Waals surface area (Å²) in [6.07, 6.45) is 1.16. The van der Waals surface area contributed by atoms with Gasteiger partial charge in [0.1, 0.15) is 6.61 Å². The number of amides is 1. The average molecular weight is 395 g/mol. The zero-order chi connectivity index (χ0) is 18.9. The summed E-state index contributed by atoms with van der Waals surface area (Å²) in [5, 5.41) is 7.08. The molecule has 0 unspecified atom stereocenters. The highest BCUT2D eigenvalue weighted by Crippen LogP contribution is 2.22. The van der Waals surface area contributed by atoms with Gasteiger partial charge in [0.15, 0.2) is 6.04 Å². The lowest BCUT2D eigenvalue weighted by molar-refractivity contribution is -0.140. The molecule has 0 fully saturated rings. The lowest BCUT2D eigenvalue weighted by Crippen LogP contribution is -2.42. The molecule has 1 amide bonds. The minimum Gasteiger partial charge on any atom is -0.467 e. The topological polar surface area (TPSA) is 77.0 Å². The number of rotatable bonds is 7. The number of nitrogens with one attached hydrogen (secondary N) is 1. The smallest absolute Gasteiger partial charge is 0.334 e. The maximum Gasteiger partial charge on any atom is 0.334 e. The summed E-state index contributed by atoms with van der Waals surface area (Å²) in [5.74, 6) is -1.10. The van der Waals surface area contributed by atoms with Gasteiger partial charge in [-0.15, -0.1) is 0 Å². The van der Waals surface area contributed by atoms with Gasteiger partial charge in [-0.1, -0.05) is 52.6 Å². The van der Waals surface area contributed by atoms with Crippen LogP contribution in [0.4, 0.5) is 0 Å². The average Bonchev–Trinajstić information content (AvgIpc) is 2.66. The van der Waals surface area contributed by atoms with Crippen molar-refractivity contribution in [3.8, 4) is 0 Å². The molecule has 2 rings (SSSR count). The van der Waals surface area contributed by atoms with Gasteiger partial charge in [0.25, 0.3) is 5.91 Å². The van der Waals surface area contributed by atoms with Gasteiger partial charge in [-0.25, -0.2) is 4.79 Å². The summed E-state index contributed by atoms with van der Waals surface area (Å²) in [7, 11) is 1.22. The predicted molar refractivity (Wildman–Crippen MR) is 99.5 cm³/mol. The fourth-order valence-corrected chi connectivity index (χ4v) is 2.26. The fourth-order valence-electron chi connectivity index (χ4n) is 1.94. The molecule has 0 radical (unpaired) electrons. The third kappa shape index (κ3) is 5.75. The SMILES string of the molecule is COC(=O)[C@@H](/C=N\OCc1ccc(Cl)c(Cl)c1)NC(=O)c1ccccc1. The Hall–Kier alpha value is -2.57. The first-order valence-corrected chi connectivity index (χ1v) is 8.30. The van der Waals surface area contributed by atoms with E-state index in [0.717, 1.165) is 11.8 Å². The number of carbonyl (C=O) groups is 2. The Morgan fingerprint density at radius 1 is 1.15 bits per heavy atom. The molecule has 0 aliphatic heterocycles. The van der Waals surface area contributed by atoms with Crippen LogP contribution in [0.2, 0.25) is 10.0 Å². The molecule has 26 heavy (non-hydrogen) atoms. The van der Waals surface area contributed by atoms with Gasteiger partial charge in [0.05, 0.1) is 23.4 Å². The molecule has 1 atom stereocenters. The zero-order valence-corrected chi connectivity index (χ0v) is 15.3. The molecule has 6 nitrogen and oxygen atoms in total. The number of benzene rings is 2. The van der Waals surface area contributed by atoms with E-state index in [1.165, 1.54) is 7.11 Å². The van der Waals surface area contributed by atoms with E-state index in [2.05, 4.69) is 15.2 Å². The van der Waals surface area contributed by atoms with Crippen LogP contribution in [0.1, 0.15) is 15.9 Å². The van der Waals surface area contributed by atoms with Crippen LogP contribution in [-0.4, -0.2) is 31.2 Å². The number of hydrogen-bond acceptors (Lipinski definition) is 5. The highest BCUT2D eigenvalue weighted by molar-refractivity contribution is 6.42. The van der Waals surface area contributed by atoms with Gasteiger partial charge >= 0.3 is 5.97 Å². The van der Waals surface area contributed by atoms with E-state index in [9.17, 15) is 9.59 Å². The third-order valence-corrected chi connectivity index (χ3v) is 4.02. The summed E-state index contributed by atoms with van der Waals surface area (Å²) in [5.41, 5.74) is 1.16. The van der Waals surface area contributed by atoms with Crippen LogP contribution in [0.25, 0.3) is 0 Å². The Kier molecular flexibility index (Phi) is 7.44. The monoisotopic (exact) mass is 394 g/mol. The van der Waals surface area contributed by atoms with Crippen molar-refractivity contribution in [2.45, 2.75) is 12.6 Å². The number of halogens is 2. The van der Waals surface area contributed by atoms with Crippen LogP contribution in [0.3, 0.4) is 0 Å². The molecule has 0 spiro atoms. The van der Waals surface area contributed by atoms with E-state index in [4.69, 9.17) is 28.0 Å². The van der Waals surface area contributed by atoms with Crippen molar-refractivity contribution in [2.24, 2.45) is 5.16 Å². The van der Waals surface area contributed by atoms with Crippen molar-refractivity contribution < 1.29 is 19.2 Å². The van der Waals surface area contributed by atoms with E-state index in [-0.39, 0.29) is 6.61 Å². The first-order chi connectivity index (χ1) is 12.5. The van der Waals surface area contributed by atoms with Gasteiger partial charge in [0, 0.05) is 5.56 Å². The lowest BCUT2D eigenvalue weighted by atomic mass is 10.2. The van der Waals surface area contributed by atoms with Gasteiger partial charge in [0.2, 0.25) is 0 Å². The Morgan fingerprint density at radius 3 is 2.54 bits per heavy atom. The van der Waals surface area contributed by atoms with Gasteiger partial charge in [-0.2, -0.15) is 0 Å². The highest BCUT2D eigenvalue weighted by Gasteiger charge is 2.20. The molecule has 8 heteroatoms. The molecule has 2 aromatic rings. The van der Waals surface area contributed by atoms with E-state index in [1.807, 2.05) is 0 Å². The van der Waals surface area contributed by atoms with Crippen LogP contribution in [0, 0.1) is 0 Å². The largest absolute Gasteiger partial charge is 0.467 e. The summed E-state index contributed by atoms with van der Waals surface area (Å²) >= 11 is 11.8. The molecule has 2 aromatic carbocycles. The maximum atomic E-state index is 12.2. The van der Waals surface area contributed by atoms with Gasteiger partial charge < -0.3 is 14.9 Å². The molecule has 0 heterocycles. The quantitative estimate of drug-likeness (QED) is 0.443. The van der Waals surface area contributed by atoms with Crippen molar-refractivity contribution in [1.29, 1.82) is 0 Å². The Morgan fingerprint density at radius 2 is 1.88 bits per heavy atom. The minimum atomic E-state index is -1.08. The van der Waals surface area contributed by atoms with Crippen molar-refractivity contribution in [1.82, 2.24) is 5.32 Å². The molecule has 0 bridgehead atoms. The second kappa shape index (κ2) is 9.79. The Bertz CT molecular complexity index is 797. The zero-order valence-electron chi connectivity index (χ0n) is 13.8. The third-order valence-electron chi connectivity index (χ3n) is 3.28. The van der Waals surface area contributed by atoms with Crippen LogP contribution in [-0.2, 0) is 21.0 Å². The molecular formula is C18H16Cl2N2O4. The minimum absolute atomic E-state index is 0.119.